The summed E-state index contributed by atoms with van der Waals surface area (Å²) in [5.41, 5.74) is 5.14. The van der Waals surface area contributed by atoms with Crippen molar-refractivity contribution in [3.8, 4) is 0 Å². The van der Waals surface area contributed by atoms with Gasteiger partial charge < -0.3 is 15.7 Å². The van der Waals surface area contributed by atoms with Gasteiger partial charge in [-0.05, 0) is 27.2 Å². The number of carbonyl (C=O) groups excluding carboxylic acids is 1. The number of amides is 1. The molecule has 0 fully saturated rings. The monoisotopic (exact) mass is 216 g/mol. The van der Waals surface area contributed by atoms with Crippen LogP contribution in [0, 0.1) is 5.41 Å². The molecule has 0 spiro atoms. The predicted octanol–water partition coefficient (Wildman–Crippen LogP) is 0.591. The van der Waals surface area contributed by atoms with Crippen molar-refractivity contribution in [3.63, 3.8) is 0 Å². The highest BCUT2D eigenvalue weighted by Gasteiger charge is 2.34. The van der Waals surface area contributed by atoms with Crippen molar-refractivity contribution in [2.45, 2.75) is 40.2 Å². The Balaban J connectivity index is 4.75. The molecule has 1 unspecified atom stereocenters. The van der Waals surface area contributed by atoms with Crippen molar-refractivity contribution < 1.29 is 9.90 Å². The number of hydrogen-bond acceptors (Lipinski definition) is 3. The number of aliphatic hydroxyl groups excluding tert-OH is 1. The summed E-state index contributed by atoms with van der Waals surface area (Å²) in [4.78, 5) is 13.9. The van der Waals surface area contributed by atoms with Gasteiger partial charge in [0.2, 0.25) is 5.91 Å². The van der Waals surface area contributed by atoms with Crippen LogP contribution in [0.1, 0.15) is 34.1 Å². The molecule has 4 heteroatoms. The number of rotatable bonds is 6. The van der Waals surface area contributed by atoms with Crippen LogP contribution in [-0.2, 0) is 4.79 Å². The summed E-state index contributed by atoms with van der Waals surface area (Å²) in [7, 11) is 0. The van der Waals surface area contributed by atoms with E-state index in [4.69, 9.17) is 10.8 Å². The molecule has 0 bridgehead atoms. The topological polar surface area (TPSA) is 66.6 Å². The molecule has 90 valence electrons. The van der Waals surface area contributed by atoms with Crippen molar-refractivity contribution >= 4 is 5.91 Å². The van der Waals surface area contributed by atoms with E-state index in [1.54, 1.807) is 4.90 Å². The summed E-state index contributed by atoms with van der Waals surface area (Å²) in [6, 6.07) is 0.0991. The molecule has 0 aliphatic carbocycles. The van der Waals surface area contributed by atoms with Gasteiger partial charge in [-0.2, -0.15) is 0 Å². The average Bonchev–Trinajstić information content (AvgIpc) is 2.23. The molecule has 1 amide bonds. The zero-order valence-corrected chi connectivity index (χ0v) is 10.3. The van der Waals surface area contributed by atoms with Crippen molar-refractivity contribution in [2.75, 3.05) is 19.7 Å². The lowest BCUT2D eigenvalue weighted by Gasteiger charge is -2.35. The van der Waals surface area contributed by atoms with E-state index in [0.29, 0.717) is 13.1 Å². The van der Waals surface area contributed by atoms with Gasteiger partial charge in [-0.3, -0.25) is 4.79 Å². The van der Waals surface area contributed by atoms with Crippen LogP contribution in [0.3, 0.4) is 0 Å². The highest BCUT2D eigenvalue weighted by Crippen LogP contribution is 2.23. The van der Waals surface area contributed by atoms with E-state index >= 15 is 0 Å². The highest BCUT2D eigenvalue weighted by molar-refractivity contribution is 5.82. The van der Waals surface area contributed by atoms with Crippen molar-refractivity contribution in [1.29, 1.82) is 0 Å². The molecule has 0 radical (unpaired) electrons. The van der Waals surface area contributed by atoms with Gasteiger partial charge in [-0.15, -0.1) is 0 Å². The largest absolute Gasteiger partial charge is 0.395 e. The fourth-order valence-electron chi connectivity index (χ4n) is 1.43. The summed E-state index contributed by atoms with van der Waals surface area (Å²) in [5.74, 6) is 0.0385. The minimum absolute atomic E-state index is 0.00567. The second-order valence-electron chi connectivity index (χ2n) is 4.43. The smallest absolute Gasteiger partial charge is 0.230 e. The second kappa shape index (κ2) is 6.08. The van der Waals surface area contributed by atoms with E-state index in [2.05, 4.69) is 0 Å². The third kappa shape index (κ3) is 3.47. The highest BCUT2D eigenvalue weighted by atomic mass is 16.3. The Morgan fingerprint density at radius 1 is 1.53 bits per heavy atom. The molecular formula is C11H24N2O2. The normalized spacial score (nSPS) is 15.1. The van der Waals surface area contributed by atoms with E-state index in [0.717, 1.165) is 6.42 Å². The first-order chi connectivity index (χ1) is 6.92. The van der Waals surface area contributed by atoms with E-state index in [1.165, 1.54) is 0 Å². The van der Waals surface area contributed by atoms with Crippen molar-refractivity contribution in [3.05, 3.63) is 0 Å². The number of carbonyl (C=O) groups is 1. The van der Waals surface area contributed by atoms with Crippen LogP contribution in [0.4, 0.5) is 0 Å². The maximum atomic E-state index is 12.2. The van der Waals surface area contributed by atoms with Gasteiger partial charge >= 0.3 is 0 Å². The first-order valence-corrected chi connectivity index (χ1v) is 5.55. The van der Waals surface area contributed by atoms with Crippen molar-refractivity contribution in [2.24, 2.45) is 11.1 Å². The Hall–Kier alpha value is -0.610. The minimum Gasteiger partial charge on any atom is -0.395 e. The Morgan fingerprint density at radius 3 is 2.33 bits per heavy atom. The lowest BCUT2D eigenvalue weighted by atomic mass is 9.85. The zero-order valence-electron chi connectivity index (χ0n) is 10.3. The van der Waals surface area contributed by atoms with Crippen LogP contribution in [-0.4, -0.2) is 41.7 Å². The molecule has 0 aromatic carbocycles. The lowest BCUT2D eigenvalue weighted by molar-refractivity contribution is -0.143. The molecule has 15 heavy (non-hydrogen) atoms. The summed E-state index contributed by atoms with van der Waals surface area (Å²) in [6.45, 7) is 8.45. The summed E-state index contributed by atoms with van der Waals surface area (Å²) in [6.07, 6.45) is 0.719. The molecule has 0 heterocycles. The summed E-state index contributed by atoms with van der Waals surface area (Å²) < 4.78 is 0. The fourth-order valence-corrected chi connectivity index (χ4v) is 1.43. The molecular weight excluding hydrogens is 192 g/mol. The summed E-state index contributed by atoms with van der Waals surface area (Å²) >= 11 is 0. The van der Waals surface area contributed by atoms with Gasteiger partial charge in [0, 0.05) is 19.1 Å². The zero-order chi connectivity index (χ0) is 12.1. The molecule has 3 N–H and O–H groups in total. The first kappa shape index (κ1) is 14.4. The quantitative estimate of drug-likeness (QED) is 0.683. The standard InChI is InChI=1S/C11H24N2O2/c1-5-11(4,8-12)10(15)13(6-7-14)9(2)3/h9,14H,5-8,12H2,1-4H3. The second-order valence-corrected chi connectivity index (χ2v) is 4.43. The Morgan fingerprint density at radius 2 is 2.07 bits per heavy atom. The molecule has 0 rings (SSSR count). The molecule has 0 aromatic rings. The number of nitrogens with two attached hydrogens (primary N) is 1. The van der Waals surface area contributed by atoms with Gasteiger partial charge in [-0.1, -0.05) is 6.92 Å². The van der Waals surface area contributed by atoms with Crippen LogP contribution in [0.15, 0.2) is 0 Å². The van der Waals surface area contributed by atoms with Crippen molar-refractivity contribution in [1.82, 2.24) is 4.90 Å². The fraction of sp³-hybridized carbons (Fsp3) is 0.909. The van der Waals surface area contributed by atoms with E-state index in [-0.39, 0.29) is 18.6 Å². The maximum absolute atomic E-state index is 12.2. The summed E-state index contributed by atoms with van der Waals surface area (Å²) in [5, 5.41) is 8.92. The van der Waals surface area contributed by atoms with Gasteiger partial charge in [0.05, 0.1) is 12.0 Å². The molecule has 0 aromatic heterocycles. The first-order valence-electron chi connectivity index (χ1n) is 5.55. The van der Waals surface area contributed by atoms with Crippen LogP contribution in [0.2, 0.25) is 0 Å². The molecule has 0 aliphatic heterocycles. The number of nitrogens with zero attached hydrogens (tertiary/aromatic N) is 1. The van der Waals surface area contributed by atoms with Crippen LogP contribution < -0.4 is 5.73 Å². The number of hydrogen-bond donors (Lipinski definition) is 2. The predicted molar refractivity (Wildman–Crippen MR) is 61.4 cm³/mol. The van der Waals surface area contributed by atoms with Crippen LogP contribution >= 0.6 is 0 Å². The molecule has 0 saturated heterocycles. The van der Waals surface area contributed by atoms with E-state index in [9.17, 15) is 4.79 Å². The third-order valence-electron chi connectivity index (χ3n) is 2.97. The SMILES string of the molecule is CCC(C)(CN)C(=O)N(CCO)C(C)C. The van der Waals surface area contributed by atoms with Gasteiger partial charge in [-0.25, -0.2) is 0 Å². The molecule has 4 nitrogen and oxygen atoms in total. The average molecular weight is 216 g/mol. The minimum atomic E-state index is -0.501. The number of aliphatic hydroxyl groups is 1. The molecule has 0 aliphatic rings. The lowest BCUT2D eigenvalue weighted by Crippen LogP contribution is -2.49. The third-order valence-corrected chi connectivity index (χ3v) is 2.97. The van der Waals surface area contributed by atoms with Crippen LogP contribution in [0.25, 0.3) is 0 Å². The Kier molecular flexibility index (Phi) is 5.83. The Labute approximate surface area is 92.4 Å². The molecule has 0 saturated carbocycles. The maximum Gasteiger partial charge on any atom is 0.230 e. The van der Waals surface area contributed by atoms with Gasteiger partial charge in [0.15, 0.2) is 0 Å². The van der Waals surface area contributed by atoms with E-state index < -0.39 is 5.41 Å². The van der Waals surface area contributed by atoms with Gasteiger partial charge in [0.1, 0.15) is 0 Å². The van der Waals surface area contributed by atoms with Gasteiger partial charge in [0.25, 0.3) is 0 Å². The van der Waals surface area contributed by atoms with Crippen LogP contribution in [0.5, 0.6) is 0 Å². The molecule has 1 atom stereocenters. The Bertz CT molecular complexity index is 201. The van der Waals surface area contributed by atoms with E-state index in [1.807, 2.05) is 27.7 Å².